The first kappa shape index (κ1) is 11.9. The van der Waals surface area contributed by atoms with Crippen molar-refractivity contribution in [3.63, 3.8) is 0 Å². The van der Waals surface area contributed by atoms with Crippen LogP contribution in [0.3, 0.4) is 0 Å². The number of hydrogen-bond donors (Lipinski definition) is 1. The van der Waals surface area contributed by atoms with E-state index < -0.39 is 11.9 Å². The van der Waals surface area contributed by atoms with Crippen molar-refractivity contribution in [1.82, 2.24) is 10.2 Å². The van der Waals surface area contributed by atoms with E-state index in [0.29, 0.717) is 12.5 Å². The van der Waals surface area contributed by atoms with Crippen LogP contribution in [0.1, 0.15) is 12.8 Å². The second kappa shape index (κ2) is 5.62. The first-order chi connectivity index (χ1) is 7.17. The lowest BCUT2D eigenvalue weighted by Gasteiger charge is -2.19. The summed E-state index contributed by atoms with van der Waals surface area (Å²) in [5.41, 5.74) is 0. The molecular formula is C10H13ClN2O2. The van der Waals surface area contributed by atoms with E-state index in [2.05, 4.69) is 11.2 Å². The summed E-state index contributed by atoms with van der Waals surface area (Å²) in [6.45, 7) is 0.837. The van der Waals surface area contributed by atoms with Crippen molar-refractivity contribution < 1.29 is 9.59 Å². The van der Waals surface area contributed by atoms with Gasteiger partial charge in [0.15, 0.2) is 0 Å². The van der Waals surface area contributed by atoms with E-state index in [4.69, 9.17) is 18.0 Å². The molecule has 1 fully saturated rings. The van der Waals surface area contributed by atoms with Crippen molar-refractivity contribution in [2.45, 2.75) is 12.8 Å². The number of nitrogens with one attached hydrogen (secondary N) is 1. The van der Waals surface area contributed by atoms with Crippen LogP contribution >= 0.6 is 11.6 Å². The van der Waals surface area contributed by atoms with Gasteiger partial charge in [-0.1, -0.05) is 5.92 Å². The van der Waals surface area contributed by atoms with Gasteiger partial charge in [0.1, 0.15) is 5.88 Å². The molecule has 1 aliphatic carbocycles. The van der Waals surface area contributed by atoms with Gasteiger partial charge in [-0.05, 0) is 18.8 Å². The monoisotopic (exact) mass is 228 g/mol. The predicted octanol–water partition coefficient (Wildman–Crippen LogP) is 0.807. The maximum Gasteiger partial charge on any atom is 0.324 e. The van der Waals surface area contributed by atoms with Crippen molar-refractivity contribution >= 4 is 23.5 Å². The summed E-state index contributed by atoms with van der Waals surface area (Å²) in [6.07, 6.45) is 7.39. The van der Waals surface area contributed by atoms with E-state index in [1.165, 1.54) is 4.90 Å². The van der Waals surface area contributed by atoms with Gasteiger partial charge in [0, 0.05) is 6.54 Å². The van der Waals surface area contributed by atoms with Gasteiger partial charge in [0.25, 0.3) is 0 Å². The highest BCUT2D eigenvalue weighted by Gasteiger charge is 2.26. The molecule has 0 unspecified atom stereocenters. The van der Waals surface area contributed by atoms with Crippen LogP contribution in [-0.4, -0.2) is 35.8 Å². The van der Waals surface area contributed by atoms with E-state index in [1.807, 2.05) is 0 Å². The number of amides is 3. The molecule has 1 aliphatic rings. The summed E-state index contributed by atoms with van der Waals surface area (Å²) in [5.74, 6) is 2.21. The Morgan fingerprint density at radius 1 is 1.53 bits per heavy atom. The Morgan fingerprint density at radius 2 is 2.20 bits per heavy atom. The molecule has 0 aromatic rings. The zero-order valence-electron chi connectivity index (χ0n) is 8.33. The number of nitrogens with zero attached hydrogens (tertiary/aromatic N) is 1. The Hall–Kier alpha value is -1.21. The molecule has 0 aliphatic heterocycles. The van der Waals surface area contributed by atoms with Crippen molar-refractivity contribution in [3.05, 3.63) is 0 Å². The summed E-state index contributed by atoms with van der Waals surface area (Å²) in [6, 6.07) is -0.453. The highest BCUT2D eigenvalue weighted by Crippen LogP contribution is 2.29. The predicted molar refractivity (Wildman–Crippen MR) is 57.4 cm³/mol. The number of carbonyl (C=O) groups excluding carboxylic acids is 2. The van der Waals surface area contributed by atoms with Crippen molar-refractivity contribution in [2.24, 2.45) is 5.92 Å². The Kier molecular flexibility index (Phi) is 4.44. The van der Waals surface area contributed by atoms with E-state index in [9.17, 15) is 9.59 Å². The second-order valence-corrected chi connectivity index (χ2v) is 3.78. The van der Waals surface area contributed by atoms with E-state index in [0.717, 1.165) is 12.8 Å². The van der Waals surface area contributed by atoms with Crippen LogP contribution in [-0.2, 0) is 4.79 Å². The number of alkyl halides is 1. The zero-order chi connectivity index (χ0) is 11.3. The Morgan fingerprint density at radius 3 is 2.67 bits per heavy atom. The molecule has 0 spiro atoms. The average molecular weight is 229 g/mol. The number of rotatable bonds is 4. The van der Waals surface area contributed by atoms with Crippen molar-refractivity contribution in [2.75, 3.05) is 19.0 Å². The molecule has 0 saturated heterocycles. The number of terminal acetylenes is 1. The van der Waals surface area contributed by atoms with Crippen molar-refractivity contribution in [1.29, 1.82) is 0 Å². The van der Waals surface area contributed by atoms with Crippen LogP contribution in [0.15, 0.2) is 0 Å². The molecule has 1 rings (SSSR count). The molecule has 82 valence electrons. The summed E-state index contributed by atoms with van der Waals surface area (Å²) in [5, 5.41) is 2.17. The number of urea groups is 1. The molecule has 0 heterocycles. The molecule has 0 atom stereocenters. The number of imide groups is 1. The van der Waals surface area contributed by atoms with Crippen molar-refractivity contribution in [3.8, 4) is 12.3 Å². The summed E-state index contributed by atoms with van der Waals surface area (Å²) in [4.78, 5) is 23.9. The zero-order valence-corrected chi connectivity index (χ0v) is 9.09. The third-order valence-corrected chi connectivity index (χ3v) is 2.36. The first-order valence-electron chi connectivity index (χ1n) is 4.75. The standard InChI is InChI=1S/C10H13ClN2O2/c1-2-5-13(7-8-3-4-8)10(15)12-9(14)6-11/h1,8H,3-7H2,(H,12,14,15). The van der Waals surface area contributed by atoms with Gasteiger partial charge in [-0.25, -0.2) is 4.79 Å². The van der Waals surface area contributed by atoms with E-state index in [-0.39, 0.29) is 12.4 Å². The SMILES string of the molecule is C#CCN(CC1CC1)C(=O)NC(=O)CCl. The lowest BCUT2D eigenvalue weighted by atomic mass is 10.4. The molecule has 1 N–H and O–H groups in total. The number of halogens is 1. The molecule has 5 heteroatoms. The molecule has 0 radical (unpaired) electrons. The largest absolute Gasteiger partial charge is 0.324 e. The minimum atomic E-state index is -0.500. The van der Waals surface area contributed by atoms with E-state index in [1.54, 1.807) is 0 Å². The highest BCUT2D eigenvalue weighted by atomic mass is 35.5. The van der Waals surface area contributed by atoms with Crippen LogP contribution in [0, 0.1) is 18.3 Å². The van der Waals surface area contributed by atoms with Gasteiger partial charge in [-0.2, -0.15) is 0 Å². The van der Waals surface area contributed by atoms with Gasteiger partial charge in [0.2, 0.25) is 5.91 Å². The van der Waals surface area contributed by atoms with Gasteiger partial charge in [-0.3, -0.25) is 10.1 Å². The third kappa shape index (κ3) is 4.22. The van der Waals surface area contributed by atoms with Gasteiger partial charge < -0.3 is 4.90 Å². The van der Waals surface area contributed by atoms with Crippen LogP contribution in [0.5, 0.6) is 0 Å². The summed E-state index contributed by atoms with van der Waals surface area (Å²) < 4.78 is 0. The molecule has 1 saturated carbocycles. The summed E-state index contributed by atoms with van der Waals surface area (Å²) in [7, 11) is 0. The average Bonchev–Trinajstić information content (AvgIpc) is 3.00. The van der Waals surface area contributed by atoms with Crippen LogP contribution in [0.2, 0.25) is 0 Å². The Labute approximate surface area is 94.0 Å². The van der Waals surface area contributed by atoms with Gasteiger partial charge in [-0.15, -0.1) is 18.0 Å². The van der Waals surface area contributed by atoms with Crippen LogP contribution < -0.4 is 5.32 Å². The fraction of sp³-hybridized carbons (Fsp3) is 0.600. The molecular weight excluding hydrogens is 216 g/mol. The van der Waals surface area contributed by atoms with Crippen LogP contribution in [0.4, 0.5) is 4.79 Å². The Bertz CT molecular complexity index is 294. The molecule has 0 aromatic carbocycles. The minimum absolute atomic E-state index is 0.220. The van der Waals surface area contributed by atoms with Gasteiger partial charge >= 0.3 is 6.03 Å². The lowest BCUT2D eigenvalue weighted by molar-refractivity contribution is -0.117. The highest BCUT2D eigenvalue weighted by molar-refractivity contribution is 6.28. The maximum absolute atomic E-state index is 11.5. The maximum atomic E-state index is 11.5. The molecule has 0 bridgehead atoms. The van der Waals surface area contributed by atoms with Gasteiger partial charge in [0.05, 0.1) is 6.54 Å². The lowest BCUT2D eigenvalue weighted by Crippen LogP contribution is -2.44. The second-order valence-electron chi connectivity index (χ2n) is 3.51. The number of hydrogen-bond acceptors (Lipinski definition) is 2. The fourth-order valence-corrected chi connectivity index (χ4v) is 1.24. The minimum Gasteiger partial charge on any atom is -0.313 e. The molecule has 15 heavy (non-hydrogen) atoms. The topological polar surface area (TPSA) is 49.4 Å². The quantitative estimate of drug-likeness (QED) is 0.572. The fourth-order valence-electron chi connectivity index (χ4n) is 1.17. The first-order valence-corrected chi connectivity index (χ1v) is 5.29. The smallest absolute Gasteiger partial charge is 0.313 e. The van der Waals surface area contributed by atoms with E-state index >= 15 is 0 Å². The number of carbonyl (C=O) groups is 2. The van der Waals surface area contributed by atoms with Crippen LogP contribution in [0.25, 0.3) is 0 Å². The molecule has 3 amide bonds. The normalized spacial score (nSPS) is 14.1. The summed E-state index contributed by atoms with van der Waals surface area (Å²) >= 11 is 5.27. The molecule has 4 nitrogen and oxygen atoms in total. The molecule has 0 aromatic heterocycles. The Balaban J connectivity index is 2.42. The third-order valence-electron chi connectivity index (χ3n) is 2.11.